The lowest BCUT2D eigenvalue weighted by atomic mass is 9.90. The van der Waals surface area contributed by atoms with Crippen LogP contribution in [-0.2, 0) is 21.3 Å². The highest BCUT2D eigenvalue weighted by Gasteiger charge is 2.50. The van der Waals surface area contributed by atoms with Crippen LogP contribution in [0, 0.1) is 11.8 Å². The van der Waals surface area contributed by atoms with Crippen LogP contribution in [0.3, 0.4) is 0 Å². The van der Waals surface area contributed by atoms with Crippen molar-refractivity contribution in [2.24, 2.45) is 7.05 Å². The van der Waals surface area contributed by atoms with Crippen LogP contribution in [0.5, 0.6) is 5.88 Å². The number of rotatable bonds is 4. The molecule has 2 N–H and O–H groups in total. The van der Waals surface area contributed by atoms with Gasteiger partial charge < -0.3 is 29.5 Å². The van der Waals surface area contributed by atoms with Gasteiger partial charge in [0.1, 0.15) is 29.1 Å². The molecule has 0 amide bonds. The van der Waals surface area contributed by atoms with Gasteiger partial charge in [0.15, 0.2) is 0 Å². The highest BCUT2D eigenvalue weighted by Crippen LogP contribution is 2.38. The summed E-state index contributed by atoms with van der Waals surface area (Å²) >= 11 is 0. The summed E-state index contributed by atoms with van der Waals surface area (Å²) in [6, 6.07) is 3.27. The molecule has 3 saturated heterocycles. The molecule has 33 heavy (non-hydrogen) atoms. The number of carbonyl (C=O) groups is 1. The SMILES string of the molecule is C[C@@H]1N(c2cc(C#Cc3ccn(C)n3)cnc2OC2CNC(C(=O)O)C2)CCOC12COC2. The average Bonchev–Trinajstić information content (AvgIpc) is 3.41. The lowest BCUT2D eigenvalue weighted by Gasteiger charge is -2.53. The molecule has 2 aromatic heterocycles. The van der Waals surface area contributed by atoms with E-state index in [2.05, 4.69) is 39.1 Å². The van der Waals surface area contributed by atoms with Crippen LogP contribution in [0.25, 0.3) is 0 Å². The molecule has 10 heteroatoms. The topological polar surface area (TPSA) is 111 Å². The number of aliphatic carboxylic acids is 1. The number of hydrogen-bond acceptors (Lipinski definition) is 8. The van der Waals surface area contributed by atoms with Crippen molar-refractivity contribution in [2.45, 2.75) is 37.1 Å². The Morgan fingerprint density at radius 1 is 1.39 bits per heavy atom. The van der Waals surface area contributed by atoms with Gasteiger partial charge in [0, 0.05) is 44.5 Å². The highest BCUT2D eigenvalue weighted by atomic mass is 16.6. The van der Waals surface area contributed by atoms with E-state index in [4.69, 9.17) is 14.2 Å². The van der Waals surface area contributed by atoms with Crippen molar-refractivity contribution in [1.82, 2.24) is 20.1 Å². The molecule has 2 unspecified atom stereocenters. The van der Waals surface area contributed by atoms with Crippen LogP contribution in [-0.4, -0.2) is 82.5 Å². The first-order valence-electron chi connectivity index (χ1n) is 11.1. The number of aryl methyl sites for hydroxylation is 1. The summed E-state index contributed by atoms with van der Waals surface area (Å²) in [6.45, 7) is 4.94. The van der Waals surface area contributed by atoms with Gasteiger partial charge in [0.2, 0.25) is 5.88 Å². The largest absolute Gasteiger partial charge is 0.480 e. The summed E-state index contributed by atoms with van der Waals surface area (Å²) in [6.07, 6.45) is 3.63. The number of aromatic nitrogens is 3. The van der Waals surface area contributed by atoms with Crippen molar-refractivity contribution in [3.05, 3.63) is 35.8 Å². The lowest BCUT2D eigenvalue weighted by molar-refractivity contribution is -0.228. The Morgan fingerprint density at radius 3 is 2.91 bits per heavy atom. The van der Waals surface area contributed by atoms with Crippen LogP contribution in [0.2, 0.25) is 0 Å². The Hall–Kier alpha value is -3.13. The van der Waals surface area contributed by atoms with E-state index in [1.165, 1.54) is 0 Å². The number of ether oxygens (including phenoxy) is 3. The Balaban J connectivity index is 1.45. The van der Waals surface area contributed by atoms with E-state index in [0.29, 0.717) is 50.9 Å². The third-order valence-electron chi connectivity index (χ3n) is 6.50. The van der Waals surface area contributed by atoms with Crippen LogP contribution >= 0.6 is 0 Å². The summed E-state index contributed by atoms with van der Waals surface area (Å²) in [7, 11) is 1.85. The van der Waals surface area contributed by atoms with Gasteiger partial charge in [-0.05, 0) is 25.0 Å². The molecule has 3 atom stereocenters. The first-order valence-corrected chi connectivity index (χ1v) is 11.1. The Morgan fingerprint density at radius 2 is 2.24 bits per heavy atom. The Kier molecular flexibility index (Phi) is 5.70. The maximum absolute atomic E-state index is 11.3. The number of nitrogens with one attached hydrogen (secondary N) is 1. The van der Waals surface area contributed by atoms with Crippen LogP contribution in [0.1, 0.15) is 24.6 Å². The van der Waals surface area contributed by atoms with Gasteiger partial charge in [-0.1, -0.05) is 5.92 Å². The number of carboxylic acid groups (broad SMARTS) is 1. The summed E-state index contributed by atoms with van der Waals surface area (Å²) < 4.78 is 19.5. The molecule has 0 radical (unpaired) electrons. The maximum Gasteiger partial charge on any atom is 0.320 e. The molecule has 0 aromatic carbocycles. The zero-order valence-corrected chi connectivity index (χ0v) is 18.7. The predicted molar refractivity (Wildman–Crippen MR) is 118 cm³/mol. The molecule has 3 aliphatic heterocycles. The molecule has 0 saturated carbocycles. The van der Waals surface area contributed by atoms with E-state index in [0.717, 1.165) is 11.3 Å². The second kappa shape index (κ2) is 8.67. The first-order chi connectivity index (χ1) is 15.9. The van der Waals surface area contributed by atoms with E-state index < -0.39 is 12.0 Å². The highest BCUT2D eigenvalue weighted by molar-refractivity contribution is 5.74. The summed E-state index contributed by atoms with van der Waals surface area (Å²) in [5, 5.41) is 16.6. The smallest absolute Gasteiger partial charge is 0.320 e. The molecule has 5 rings (SSSR count). The van der Waals surface area contributed by atoms with Crippen molar-refractivity contribution in [2.75, 3.05) is 37.8 Å². The minimum Gasteiger partial charge on any atom is -0.480 e. The van der Waals surface area contributed by atoms with E-state index in [-0.39, 0.29) is 17.7 Å². The zero-order chi connectivity index (χ0) is 23.0. The molecule has 10 nitrogen and oxygen atoms in total. The summed E-state index contributed by atoms with van der Waals surface area (Å²) in [5.41, 5.74) is 1.91. The molecule has 174 valence electrons. The van der Waals surface area contributed by atoms with Gasteiger partial charge >= 0.3 is 5.97 Å². The Bertz CT molecular complexity index is 1100. The lowest BCUT2D eigenvalue weighted by Crippen LogP contribution is -2.68. The molecule has 1 spiro atoms. The van der Waals surface area contributed by atoms with Gasteiger partial charge in [-0.25, -0.2) is 4.98 Å². The van der Waals surface area contributed by atoms with Crippen LogP contribution < -0.4 is 15.0 Å². The quantitative estimate of drug-likeness (QED) is 0.636. The van der Waals surface area contributed by atoms with Gasteiger partial charge in [-0.3, -0.25) is 9.48 Å². The minimum absolute atomic E-state index is 0.0524. The second-order valence-electron chi connectivity index (χ2n) is 8.72. The number of carboxylic acids is 1. The molecular weight excluding hydrogens is 426 g/mol. The number of anilines is 1. The van der Waals surface area contributed by atoms with Crippen molar-refractivity contribution in [3.8, 4) is 17.7 Å². The van der Waals surface area contributed by atoms with Crippen molar-refractivity contribution in [3.63, 3.8) is 0 Å². The van der Waals surface area contributed by atoms with E-state index in [9.17, 15) is 9.90 Å². The zero-order valence-electron chi connectivity index (χ0n) is 18.7. The number of nitrogens with zero attached hydrogens (tertiary/aromatic N) is 4. The molecule has 3 fully saturated rings. The van der Waals surface area contributed by atoms with Crippen LogP contribution in [0.15, 0.2) is 24.5 Å². The minimum atomic E-state index is -0.872. The molecule has 2 aromatic rings. The summed E-state index contributed by atoms with van der Waals surface area (Å²) in [4.78, 5) is 18.1. The van der Waals surface area contributed by atoms with Crippen LogP contribution in [0.4, 0.5) is 5.69 Å². The van der Waals surface area contributed by atoms with Gasteiger partial charge in [-0.15, -0.1) is 0 Å². The third kappa shape index (κ3) is 4.27. The maximum atomic E-state index is 11.3. The molecule has 5 heterocycles. The third-order valence-corrected chi connectivity index (χ3v) is 6.50. The van der Waals surface area contributed by atoms with E-state index >= 15 is 0 Å². The van der Waals surface area contributed by atoms with Gasteiger partial charge in [0.25, 0.3) is 0 Å². The van der Waals surface area contributed by atoms with Crippen molar-refractivity contribution < 1.29 is 24.1 Å². The standard InChI is InChI=1S/C23H27N5O5/c1-15-23(13-31-14-23)32-8-7-28(15)20-9-16(3-4-17-5-6-27(2)26-17)11-25-21(20)33-18-10-19(22(29)30)24-12-18/h5-6,9,11,15,18-19,24H,7-8,10,12-14H2,1-2H3,(H,29,30)/t15-,18?,19?/m0/s1. The number of pyridine rings is 1. The second-order valence-corrected chi connectivity index (χ2v) is 8.72. The fourth-order valence-electron chi connectivity index (χ4n) is 4.46. The number of hydrogen-bond donors (Lipinski definition) is 2. The predicted octanol–water partition coefficient (Wildman–Crippen LogP) is 0.403. The molecule has 0 aliphatic carbocycles. The van der Waals surface area contributed by atoms with E-state index in [1.54, 1.807) is 10.9 Å². The first kappa shape index (κ1) is 21.7. The van der Waals surface area contributed by atoms with Gasteiger partial charge in [0.05, 0.1) is 25.9 Å². The van der Waals surface area contributed by atoms with Gasteiger partial charge in [-0.2, -0.15) is 5.10 Å². The van der Waals surface area contributed by atoms with Crippen molar-refractivity contribution >= 4 is 11.7 Å². The normalized spacial score (nSPS) is 25.9. The average molecular weight is 453 g/mol. The molecule has 0 bridgehead atoms. The van der Waals surface area contributed by atoms with Crippen molar-refractivity contribution in [1.29, 1.82) is 0 Å². The monoisotopic (exact) mass is 453 g/mol. The number of morpholine rings is 1. The fraction of sp³-hybridized carbons (Fsp3) is 0.522. The Labute approximate surface area is 191 Å². The molecular formula is C23H27N5O5. The van der Waals surface area contributed by atoms with E-state index in [1.807, 2.05) is 25.4 Å². The fourth-order valence-corrected chi connectivity index (χ4v) is 4.46. The summed E-state index contributed by atoms with van der Waals surface area (Å²) in [5.74, 6) is 5.82. The molecule has 3 aliphatic rings.